The highest BCUT2D eigenvalue weighted by atomic mass is 16.5. The van der Waals surface area contributed by atoms with Crippen molar-refractivity contribution >= 4 is 23.9 Å². The third kappa shape index (κ3) is 3.72. The lowest BCUT2D eigenvalue weighted by atomic mass is 10.1. The van der Waals surface area contributed by atoms with Crippen LogP contribution in [0.3, 0.4) is 0 Å². The van der Waals surface area contributed by atoms with E-state index in [2.05, 4.69) is 25.1 Å². The van der Waals surface area contributed by atoms with Gasteiger partial charge in [-0.05, 0) is 24.1 Å². The molecule has 108 valence electrons. The molecular weight excluding hydrogens is 262 g/mol. The van der Waals surface area contributed by atoms with E-state index < -0.39 is 0 Å². The summed E-state index contributed by atoms with van der Waals surface area (Å²) < 4.78 is 4.76. The van der Waals surface area contributed by atoms with E-state index in [4.69, 9.17) is 4.74 Å². The molecule has 21 heavy (non-hydrogen) atoms. The Morgan fingerprint density at radius 3 is 2.57 bits per heavy atom. The number of aryl methyl sites for hydroxylation is 1. The number of methoxy groups -OCH3 is 1. The summed E-state index contributed by atoms with van der Waals surface area (Å²) in [5.74, 6) is 0. The Hall–Kier alpha value is -2.55. The topological polar surface area (TPSA) is 29.5 Å². The highest BCUT2D eigenvalue weighted by molar-refractivity contribution is 5.91. The van der Waals surface area contributed by atoms with E-state index in [0.29, 0.717) is 0 Å². The van der Waals surface area contributed by atoms with E-state index >= 15 is 0 Å². The summed E-state index contributed by atoms with van der Waals surface area (Å²) in [6, 6.07) is 16.0. The number of nitrogens with zero attached hydrogens (tertiary/aromatic N) is 1. The van der Waals surface area contributed by atoms with Crippen LogP contribution in [0.1, 0.15) is 16.7 Å². The Morgan fingerprint density at radius 2 is 1.86 bits per heavy atom. The zero-order valence-electron chi connectivity index (χ0n) is 12.5. The molecule has 3 heteroatoms. The van der Waals surface area contributed by atoms with Gasteiger partial charge in [0.15, 0.2) is 0 Å². The van der Waals surface area contributed by atoms with Crippen LogP contribution < -0.4 is 4.90 Å². The van der Waals surface area contributed by atoms with Gasteiger partial charge in [-0.2, -0.15) is 0 Å². The van der Waals surface area contributed by atoms with Crippen LogP contribution in [0, 0.1) is 6.92 Å². The molecule has 0 aliphatic carbocycles. The standard InChI is InChI=1S/C18H19NO2/c1-14-7-6-8-15(13-14)11-12-16-9-4-5-10-17(16)19(2)18(20)21-3/h4-13H,1-3H3/b12-11+. The van der Waals surface area contributed by atoms with Crippen LogP contribution in [0.2, 0.25) is 0 Å². The smallest absolute Gasteiger partial charge is 0.413 e. The monoisotopic (exact) mass is 281 g/mol. The molecule has 0 saturated heterocycles. The van der Waals surface area contributed by atoms with E-state index in [-0.39, 0.29) is 6.09 Å². The fourth-order valence-corrected chi connectivity index (χ4v) is 2.13. The van der Waals surface area contributed by atoms with E-state index in [9.17, 15) is 4.79 Å². The number of hydrogen-bond donors (Lipinski definition) is 0. The van der Waals surface area contributed by atoms with Crippen molar-refractivity contribution in [3.05, 3.63) is 65.2 Å². The van der Waals surface area contributed by atoms with E-state index in [0.717, 1.165) is 16.8 Å². The van der Waals surface area contributed by atoms with Crippen LogP contribution in [-0.2, 0) is 4.74 Å². The molecule has 0 aliphatic heterocycles. The second kappa shape index (κ2) is 6.75. The first kappa shape index (κ1) is 14.9. The zero-order valence-corrected chi connectivity index (χ0v) is 12.5. The fourth-order valence-electron chi connectivity index (χ4n) is 2.13. The Labute approximate surface area is 125 Å². The van der Waals surface area contributed by atoms with Gasteiger partial charge in [0.2, 0.25) is 0 Å². The number of para-hydroxylation sites is 1. The molecule has 2 aromatic carbocycles. The van der Waals surface area contributed by atoms with Crippen LogP contribution in [-0.4, -0.2) is 20.3 Å². The molecule has 0 atom stereocenters. The lowest BCUT2D eigenvalue weighted by Crippen LogP contribution is -2.26. The van der Waals surface area contributed by atoms with Gasteiger partial charge in [0.05, 0.1) is 12.8 Å². The Morgan fingerprint density at radius 1 is 1.10 bits per heavy atom. The summed E-state index contributed by atoms with van der Waals surface area (Å²) in [6.45, 7) is 2.07. The average molecular weight is 281 g/mol. The van der Waals surface area contributed by atoms with Crippen molar-refractivity contribution in [3.63, 3.8) is 0 Å². The molecule has 0 fully saturated rings. The van der Waals surface area contributed by atoms with Gasteiger partial charge in [0.25, 0.3) is 0 Å². The lowest BCUT2D eigenvalue weighted by molar-refractivity contribution is 0.180. The molecule has 0 saturated carbocycles. The van der Waals surface area contributed by atoms with Crippen molar-refractivity contribution in [1.29, 1.82) is 0 Å². The Bertz CT molecular complexity index is 662. The maximum absolute atomic E-state index is 11.7. The second-order valence-electron chi connectivity index (χ2n) is 4.84. The van der Waals surface area contributed by atoms with Gasteiger partial charge < -0.3 is 4.74 Å². The molecule has 2 aromatic rings. The van der Waals surface area contributed by atoms with Crippen molar-refractivity contribution < 1.29 is 9.53 Å². The predicted octanol–water partition coefficient (Wildman–Crippen LogP) is 4.37. The van der Waals surface area contributed by atoms with Crippen LogP contribution in [0.25, 0.3) is 12.2 Å². The summed E-state index contributed by atoms with van der Waals surface area (Å²) >= 11 is 0. The average Bonchev–Trinajstić information content (AvgIpc) is 2.52. The minimum absolute atomic E-state index is 0.383. The fraction of sp³-hybridized carbons (Fsp3) is 0.167. The minimum atomic E-state index is -0.383. The molecule has 0 aromatic heterocycles. The minimum Gasteiger partial charge on any atom is -0.452 e. The maximum Gasteiger partial charge on any atom is 0.413 e. The van der Waals surface area contributed by atoms with Crippen molar-refractivity contribution in [2.24, 2.45) is 0 Å². The summed E-state index contributed by atoms with van der Waals surface area (Å²) in [5, 5.41) is 0. The van der Waals surface area contributed by atoms with Crippen molar-refractivity contribution in [2.45, 2.75) is 6.92 Å². The van der Waals surface area contributed by atoms with Crippen LogP contribution >= 0.6 is 0 Å². The zero-order chi connectivity index (χ0) is 15.2. The van der Waals surface area contributed by atoms with E-state index in [1.807, 2.05) is 42.5 Å². The van der Waals surface area contributed by atoms with Gasteiger partial charge in [-0.25, -0.2) is 4.79 Å². The Kier molecular flexibility index (Phi) is 4.77. The first-order valence-electron chi connectivity index (χ1n) is 6.77. The molecule has 0 aliphatic rings. The van der Waals surface area contributed by atoms with Gasteiger partial charge in [0.1, 0.15) is 0 Å². The summed E-state index contributed by atoms with van der Waals surface area (Å²) in [5.41, 5.74) is 4.13. The quantitative estimate of drug-likeness (QED) is 0.782. The van der Waals surface area contributed by atoms with Crippen molar-refractivity contribution in [1.82, 2.24) is 0 Å². The third-order valence-corrected chi connectivity index (χ3v) is 3.24. The molecule has 0 bridgehead atoms. The van der Waals surface area contributed by atoms with E-state index in [1.165, 1.54) is 17.6 Å². The molecule has 0 spiro atoms. The number of rotatable bonds is 3. The van der Waals surface area contributed by atoms with Crippen LogP contribution in [0.15, 0.2) is 48.5 Å². The largest absolute Gasteiger partial charge is 0.452 e. The maximum atomic E-state index is 11.7. The van der Waals surface area contributed by atoms with Crippen LogP contribution in [0.4, 0.5) is 10.5 Å². The molecule has 0 radical (unpaired) electrons. The predicted molar refractivity (Wildman–Crippen MR) is 87.4 cm³/mol. The molecular formula is C18H19NO2. The summed E-state index contributed by atoms with van der Waals surface area (Å²) in [6.07, 6.45) is 3.66. The number of amides is 1. The summed E-state index contributed by atoms with van der Waals surface area (Å²) in [4.78, 5) is 13.2. The SMILES string of the molecule is COC(=O)N(C)c1ccccc1/C=C/c1cccc(C)c1. The van der Waals surface area contributed by atoms with E-state index in [1.54, 1.807) is 7.05 Å². The molecule has 0 unspecified atom stereocenters. The van der Waals surface area contributed by atoms with Gasteiger partial charge >= 0.3 is 6.09 Å². The highest BCUT2D eigenvalue weighted by Gasteiger charge is 2.12. The van der Waals surface area contributed by atoms with Crippen molar-refractivity contribution in [3.8, 4) is 0 Å². The van der Waals surface area contributed by atoms with Gasteiger partial charge in [-0.3, -0.25) is 4.90 Å². The second-order valence-corrected chi connectivity index (χ2v) is 4.84. The first-order valence-corrected chi connectivity index (χ1v) is 6.77. The molecule has 3 nitrogen and oxygen atoms in total. The Balaban J connectivity index is 2.30. The van der Waals surface area contributed by atoms with Gasteiger partial charge in [0, 0.05) is 7.05 Å². The first-order chi connectivity index (χ1) is 10.1. The normalized spacial score (nSPS) is 10.6. The number of ether oxygens (including phenoxy) is 1. The number of carbonyl (C=O) groups is 1. The molecule has 0 heterocycles. The van der Waals surface area contributed by atoms with Gasteiger partial charge in [-0.1, -0.05) is 60.2 Å². The molecule has 2 rings (SSSR count). The highest BCUT2D eigenvalue weighted by Crippen LogP contribution is 2.22. The number of anilines is 1. The number of benzene rings is 2. The summed E-state index contributed by atoms with van der Waals surface area (Å²) in [7, 11) is 3.08. The third-order valence-electron chi connectivity index (χ3n) is 3.24. The molecule has 0 N–H and O–H groups in total. The lowest BCUT2D eigenvalue weighted by Gasteiger charge is -2.17. The van der Waals surface area contributed by atoms with Gasteiger partial charge in [-0.15, -0.1) is 0 Å². The number of carbonyl (C=O) groups excluding carboxylic acids is 1. The molecule has 1 amide bonds. The van der Waals surface area contributed by atoms with Crippen LogP contribution in [0.5, 0.6) is 0 Å². The van der Waals surface area contributed by atoms with Crippen molar-refractivity contribution in [2.75, 3.05) is 19.1 Å². The number of hydrogen-bond acceptors (Lipinski definition) is 2.